The van der Waals surface area contributed by atoms with Crippen molar-refractivity contribution in [3.8, 4) is 0 Å². The number of carboxylic acid groups (broad SMARTS) is 1. The Kier molecular flexibility index (Phi) is 6.25. The van der Waals surface area contributed by atoms with Crippen LogP contribution in [0.15, 0.2) is 48.5 Å². The van der Waals surface area contributed by atoms with E-state index in [4.69, 9.17) is 4.52 Å². The van der Waals surface area contributed by atoms with Gasteiger partial charge in [-0.1, -0.05) is 30.3 Å². The van der Waals surface area contributed by atoms with Crippen molar-refractivity contribution in [1.29, 1.82) is 0 Å². The van der Waals surface area contributed by atoms with E-state index in [0.717, 1.165) is 43.0 Å². The van der Waals surface area contributed by atoms with E-state index in [1.165, 1.54) is 0 Å². The number of carboxylic acids is 1. The van der Waals surface area contributed by atoms with Gasteiger partial charge >= 0.3 is 13.5 Å². The Balaban J connectivity index is 1.47. The third-order valence-corrected chi connectivity index (χ3v) is 8.09. The first-order valence-corrected chi connectivity index (χ1v) is 11.9. The molecule has 2 N–H and O–H groups in total. The maximum absolute atomic E-state index is 13.4. The van der Waals surface area contributed by atoms with Gasteiger partial charge in [-0.15, -0.1) is 0 Å². The molecule has 0 radical (unpaired) electrons. The Morgan fingerprint density at radius 2 is 1.83 bits per heavy atom. The van der Waals surface area contributed by atoms with E-state index in [9.17, 15) is 14.5 Å². The van der Waals surface area contributed by atoms with Gasteiger partial charge in [0, 0.05) is 31.9 Å². The van der Waals surface area contributed by atoms with E-state index < -0.39 is 19.5 Å². The maximum atomic E-state index is 13.4. The monoisotopic (exact) mass is 429 g/mol. The minimum absolute atomic E-state index is 0.230. The fourth-order valence-corrected chi connectivity index (χ4v) is 6.17. The quantitative estimate of drug-likeness (QED) is 0.681. The van der Waals surface area contributed by atoms with Gasteiger partial charge in [0.25, 0.3) is 0 Å². The molecule has 0 amide bonds. The van der Waals surface area contributed by atoms with Crippen LogP contribution < -0.4 is 15.3 Å². The molecule has 2 unspecified atom stereocenters. The van der Waals surface area contributed by atoms with Crippen LogP contribution in [0.4, 0.5) is 5.69 Å². The number of aliphatic carboxylic acids is 1. The molecule has 0 bridgehead atoms. The summed E-state index contributed by atoms with van der Waals surface area (Å²) in [7, 11) is -1.31. The van der Waals surface area contributed by atoms with Gasteiger partial charge in [-0.3, -0.25) is 9.36 Å². The highest BCUT2D eigenvalue weighted by atomic mass is 31.2. The molecule has 0 saturated carbocycles. The van der Waals surface area contributed by atoms with Crippen LogP contribution in [0, 0.1) is 0 Å². The smallest absolute Gasteiger partial charge is 0.321 e. The summed E-state index contributed by atoms with van der Waals surface area (Å²) < 4.78 is 19.0. The highest BCUT2D eigenvalue weighted by Crippen LogP contribution is 2.45. The van der Waals surface area contributed by atoms with Crippen LogP contribution in [0.1, 0.15) is 11.1 Å². The number of carbonyl (C=O) groups is 1. The molecule has 0 spiro atoms. The third-order valence-electron chi connectivity index (χ3n) is 5.82. The van der Waals surface area contributed by atoms with Gasteiger partial charge in [-0.05, 0) is 49.2 Å². The van der Waals surface area contributed by atoms with Gasteiger partial charge in [0.15, 0.2) is 0 Å². The predicted octanol–water partition coefficient (Wildman–Crippen LogP) is 2.11. The van der Waals surface area contributed by atoms with E-state index >= 15 is 0 Å². The number of hydrogen-bond acceptors (Lipinski definition) is 5. The maximum Gasteiger partial charge on any atom is 0.321 e. The normalized spacial score (nSPS) is 23.0. The second kappa shape index (κ2) is 8.90. The second-order valence-corrected chi connectivity index (χ2v) is 10.0. The largest absolute Gasteiger partial charge is 0.480 e. The Hall–Kier alpha value is -2.18. The molecule has 2 aliphatic heterocycles. The highest BCUT2D eigenvalue weighted by molar-refractivity contribution is 7.65. The fourth-order valence-electron chi connectivity index (χ4n) is 4.01. The average molecular weight is 429 g/mol. The summed E-state index contributed by atoms with van der Waals surface area (Å²) >= 11 is 0. The predicted molar refractivity (Wildman–Crippen MR) is 118 cm³/mol. The number of anilines is 1. The zero-order valence-electron chi connectivity index (χ0n) is 17.2. The number of rotatable bonds is 6. The minimum atomic E-state index is -3.43. The molecule has 2 aromatic carbocycles. The van der Waals surface area contributed by atoms with Crippen LogP contribution in [0.2, 0.25) is 0 Å². The van der Waals surface area contributed by atoms with Crippen LogP contribution in [0.25, 0.3) is 0 Å². The van der Waals surface area contributed by atoms with E-state index in [1.54, 1.807) is 12.1 Å². The summed E-state index contributed by atoms with van der Waals surface area (Å²) in [4.78, 5) is 16.6. The SMILES string of the molecule is CN1CCN(c2ccc(CC(NP3(=O)OCCc4ccccc43)C(=O)O)cc2)CC1. The van der Waals surface area contributed by atoms with Gasteiger partial charge < -0.3 is 19.4 Å². The summed E-state index contributed by atoms with van der Waals surface area (Å²) in [6, 6.07) is 14.3. The van der Waals surface area contributed by atoms with Crippen LogP contribution >= 0.6 is 7.52 Å². The van der Waals surface area contributed by atoms with Crippen LogP contribution in [0.5, 0.6) is 0 Å². The lowest BCUT2D eigenvalue weighted by atomic mass is 10.1. The van der Waals surface area contributed by atoms with Crippen molar-refractivity contribution in [1.82, 2.24) is 9.99 Å². The van der Waals surface area contributed by atoms with Crippen molar-refractivity contribution in [3.63, 3.8) is 0 Å². The molecule has 0 aromatic heterocycles. The number of piperazine rings is 1. The Bertz CT molecular complexity index is 942. The molecule has 0 aliphatic carbocycles. The number of nitrogens with zero attached hydrogens (tertiary/aromatic N) is 2. The van der Waals surface area contributed by atoms with Crippen molar-refractivity contribution in [3.05, 3.63) is 59.7 Å². The van der Waals surface area contributed by atoms with Crippen molar-refractivity contribution < 1.29 is 19.0 Å². The molecule has 1 fully saturated rings. The van der Waals surface area contributed by atoms with E-state index in [0.29, 0.717) is 18.3 Å². The molecule has 30 heavy (non-hydrogen) atoms. The van der Waals surface area contributed by atoms with Gasteiger partial charge in [-0.2, -0.15) is 0 Å². The molecule has 4 rings (SSSR count). The van der Waals surface area contributed by atoms with Crippen molar-refractivity contribution in [2.75, 3.05) is 44.7 Å². The van der Waals surface area contributed by atoms with Crippen LogP contribution in [-0.2, 0) is 26.7 Å². The molecule has 1 saturated heterocycles. The van der Waals surface area contributed by atoms with Gasteiger partial charge in [-0.25, -0.2) is 5.09 Å². The molecule has 2 atom stereocenters. The number of hydrogen-bond donors (Lipinski definition) is 2. The molecular weight excluding hydrogens is 401 g/mol. The van der Waals surface area contributed by atoms with Crippen molar-refractivity contribution in [2.24, 2.45) is 0 Å². The van der Waals surface area contributed by atoms with Crippen LogP contribution in [-0.4, -0.2) is 61.9 Å². The summed E-state index contributed by atoms with van der Waals surface area (Å²) in [5.74, 6) is -1.04. The first-order chi connectivity index (χ1) is 14.4. The molecule has 2 heterocycles. The van der Waals surface area contributed by atoms with E-state index in [-0.39, 0.29) is 6.42 Å². The average Bonchev–Trinajstić information content (AvgIpc) is 2.75. The molecular formula is C22H28N3O4P. The number of nitrogens with one attached hydrogen (secondary N) is 1. The number of likely N-dealkylation sites (N-methyl/N-ethyl adjacent to an activating group) is 1. The Morgan fingerprint density at radius 1 is 1.13 bits per heavy atom. The second-order valence-electron chi connectivity index (χ2n) is 7.94. The van der Waals surface area contributed by atoms with Crippen LogP contribution in [0.3, 0.4) is 0 Å². The number of benzene rings is 2. The lowest BCUT2D eigenvalue weighted by Crippen LogP contribution is -2.44. The molecule has 7 nitrogen and oxygen atoms in total. The van der Waals surface area contributed by atoms with E-state index in [2.05, 4.69) is 21.9 Å². The summed E-state index contributed by atoms with van der Waals surface area (Å²) in [5, 5.41) is 13.2. The van der Waals surface area contributed by atoms with Crippen molar-refractivity contribution in [2.45, 2.75) is 18.9 Å². The standard InChI is InChI=1S/C22H28N3O4P/c1-24-11-13-25(14-12-24)19-8-6-17(7-9-19)16-20(22(26)27)23-30(28)21-5-3-2-4-18(21)10-15-29-30/h2-9,20H,10-16H2,1H3,(H,23,28)(H,26,27). The van der Waals surface area contributed by atoms with Gasteiger partial charge in [0.1, 0.15) is 6.04 Å². The van der Waals surface area contributed by atoms with Crippen molar-refractivity contribution >= 4 is 24.5 Å². The molecule has 8 heteroatoms. The molecule has 160 valence electrons. The Labute approximate surface area is 177 Å². The summed E-state index contributed by atoms with van der Waals surface area (Å²) in [6.07, 6.45) is 0.904. The number of fused-ring (bicyclic) bond motifs is 1. The lowest BCUT2D eigenvalue weighted by Gasteiger charge is -2.34. The summed E-state index contributed by atoms with van der Waals surface area (Å²) in [6.45, 7) is 4.34. The van der Waals surface area contributed by atoms with E-state index in [1.807, 2.05) is 36.4 Å². The van der Waals surface area contributed by atoms with Gasteiger partial charge in [0.05, 0.1) is 11.9 Å². The zero-order valence-corrected chi connectivity index (χ0v) is 18.1. The fraction of sp³-hybridized carbons (Fsp3) is 0.409. The third kappa shape index (κ3) is 4.60. The first kappa shape index (κ1) is 21.1. The topological polar surface area (TPSA) is 82.1 Å². The molecule has 2 aromatic rings. The summed E-state index contributed by atoms with van der Waals surface area (Å²) in [5.41, 5.74) is 2.97. The zero-order chi connectivity index (χ0) is 21.1. The van der Waals surface area contributed by atoms with Gasteiger partial charge in [0.2, 0.25) is 0 Å². The minimum Gasteiger partial charge on any atom is -0.480 e. The highest BCUT2D eigenvalue weighted by Gasteiger charge is 2.36. The molecule has 2 aliphatic rings. The lowest BCUT2D eigenvalue weighted by molar-refractivity contribution is -0.139. The first-order valence-electron chi connectivity index (χ1n) is 10.3. The Morgan fingerprint density at radius 3 is 2.53 bits per heavy atom.